The van der Waals surface area contributed by atoms with Crippen LogP contribution in [0, 0.1) is 35.5 Å². The molecule has 2 bridgehead atoms. The fraction of sp³-hybridized carbons (Fsp3) is 0.784. The molecule has 3 aliphatic heterocycles. The van der Waals surface area contributed by atoms with Crippen LogP contribution < -0.4 is 0 Å². The van der Waals surface area contributed by atoms with Crippen LogP contribution in [0.15, 0.2) is 36.0 Å². The van der Waals surface area contributed by atoms with E-state index in [1.54, 1.807) is 53.0 Å². The number of Topliss-reactive ketones (excluding diaryl/α,β-unsaturated/α-hetero) is 3. The van der Waals surface area contributed by atoms with Gasteiger partial charge >= 0.3 is 5.97 Å². The summed E-state index contributed by atoms with van der Waals surface area (Å²) in [5, 5.41) is 56.6. The summed E-state index contributed by atoms with van der Waals surface area (Å²) in [6, 6.07) is -1.20. The first-order valence-electron chi connectivity index (χ1n) is 24.4. The van der Waals surface area contributed by atoms with Crippen molar-refractivity contribution in [2.75, 3.05) is 27.9 Å². The number of hydrogen-bond acceptors (Lipinski definition) is 15. The van der Waals surface area contributed by atoms with Crippen molar-refractivity contribution < 1.29 is 73.2 Å². The molecule has 0 aromatic rings. The smallest absolute Gasteiger partial charge is 0.329 e. The van der Waals surface area contributed by atoms with Crippen LogP contribution in [0.4, 0.5) is 0 Å². The molecule has 17 atom stereocenters. The Hall–Kier alpha value is -3.19. The molecule has 0 aromatic heterocycles. The second kappa shape index (κ2) is 25.1. The number of aliphatic hydroxyl groups is 5. The summed E-state index contributed by atoms with van der Waals surface area (Å²) in [6.45, 7) is 11.9. The average Bonchev–Trinajstić information content (AvgIpc) is 3.29. The van der Waals surface area contributed by atoms with Gasteiger partial charge < -0.3 is 54.1 Å². The summed E-state index contributed by atoms with van der Waals surface area (Å²) >= 11 is 0. The SMILES string of the molecule is CO[C@H]1C[C@@H]2CC[C@@H](C)[C@@](O)(O2)C(=O)C(=O)N2CCCC[C@H]2C(=O)O[C@H]([C@H](C)C[C@@H]2CC[C@@H](O)[C@H](OC)C2)CC(=O)/C(C)=C/C(C)[C@@H](O)[C@@H](OC)C(=O)[C@H](C)C[C@H](C)C=CC=CC(O)C1(C)O. The standard InChI is InChI=1S/C51H81NO15/c1-29-15-11-12-17-42(55)50(7,61)43(64-9)27-36-20-18-34(6)51(62,67-36)47(58)48(59)52-22-14-13-16-37(52)49(60)66-40(31(3)25-35-19-21-38(53)41(26-35)63-8)28-39(54)30(2)24-33(5)45(57)46(65-10)44(56)32(4)23-29/h11-12,15,17,24,29,31-38,40-43,45-46,53,55,57,61-62H,13-14,16,18-23,25-28H2,1-10H3/b15-11?,17-12?,30-24+/t29-,31-,32-,33?,34-,35+,36+,37+,38-,40+,41-,42?,43+,45-,46+,50?,51-/m1/s1. The maximum absolute atomic E-state index is 14.4. The number of carbonyl (C=O) groups excluding carboxylic acids is 5. The number of methoxy groups -OCH3 is 3. The molecular formula is C51H81NO15. The number of aliphatic hydroxyl groups excluding tert-OH is 3. The monoisotopic (exact) mass is 948 g/mol. The van der Waals surface area contributed by atoms with Gasteiger partial charge in [0.2, 0.25) is 5.79 Å². The van der Waals surface area contributed by atoms with E-state index >= 15 is 0 Å². The minimum Gasteiger partial charge on any atom is -0.460 e. The van der Waals surface area contributed by atoms with Gasteiger partial charge in [-0.15, -0.1) is 0 Å². The number of piperidine rings is 1. The number of carbonyl (C=O) groups is 5. The Kier molecular flexibility index (Phi) is 21.1. The molecule has 2 saturated heterocycles. The highest BCUT2D eigenvalue weighted by Gasteiger charge is 2.54. The van der Waals surface area contributed by atoms with Gasteiger partial charge in [0, 0.05) is 58.5 Å². The number of allylic oxidation sites excluding steroid dienone is 4. The third-order valence-electron chi connectivity index (χ3n) is 15.1. The van der Waals surface area contributed by atoms with Crippen molar-refractivity contribution in [1.29, 1.82) is 0 Å². The second-order valence-electron chi connectivity index (χ2n) is 20.4. The lowest BCUT2D eigenvalue weighted by molar-refractivity contribution is -0.270. The number of fused-ring (bicyclic) bond motifs is 3. The highest BCUT2D eigenvalue weighted by atomic mass is 16.6. The Bertz CT molecular complexity index is 1780. The molecule has 4 rings (SSSR count). The van der Waals surface area contributed by atoms with Crippen molar-refractivity contribution in [1.82, 2.24) is 4.90 Å². The average molecular weight is 948 g/mol. The van der Waals surface area contributed by atoms with Crippen LogP contribution in [-0.4, -0.2) is 154 Å². The maximum atomic E-state index is 14.4. The predicted octanol–water partition coefficient (Wildman–Crippen LogP) is 4.35. The molecule has 3 heterocycles. The number of nitrogens with zero attached hydrogens (tertiary/aromatic N) is 1. The first-order chi connectivity index (χ1) is 31.5. The number of amides is 1. The molecule has 67 heavy (non-hydrogen) atoms. The van der Waals surface area contributed by atoms with Crippen molar-refractivity contribution in [2.24, 2.45) is 35.5 Å². The predicted molar refractivity (Wildman–Crippen MR) is 248 cm³/mol. The molecule has 16 nitrogen and oxygen atoms in total. The van der Waals surface area contributed by atoms with Gasteiger partial charge in [-0.3, -0.25) is 19.2 Å². The highest BCUT2D eigenvalue weighted by Crippen LogP contribution is 2.38. The molecule has 3 unspecified atom stereocenters. The number of hydrogen-bond donors (Lipinski definition) is 5. The quantitative estimate of drug-likeness (QED) is 0.184. The van der Waals surface area contributed by atoms with Gasteiger partial charge in [-0.2, -0.15) is 0 Å². The van der Waals surface area contributed by atoms with E-state index in [-0.39, 0.29) is 73.2 Å². The van der Waals surface area contributed by atoms with Crippen LogP contribution in [-0.2, 0) is 47.7 Å². The number of ketones is 3. The Labute approximate surface area is 397 Å². The van der Waals surface area contributed by atoms with Gasteiger partial charge in [-0.1, -0.05) is 65.0 Å². The lowest BCUT2D eigenvalue weighted by Crippen LogP contribution is -2.61. The van der Waals surface area contributed by atoms with Gasteiger partial charge in [0.1, 0.15) is 30.0 Å². The molecule has 4 aliphatic rings. The molecule has 16 heteroatoms. The van der Waals surface area contributed by atoms with Crippen LogP contribution in [0.25, 0.3) is 0 Å². The summed E-state index contributed by atoms with van der Waals surface area (Å²) < 4.78 is 29.1. The zero-order valence-electron chi connectivity index (χ0n) is 41.5. The minimum atomic E-state index is -2.57. The molecule has 0 aromatic carbocycles. The number of rotatable bonds is 6. The summed E-state index contributed by atoms with van der Waals surface area (Å²) in [6.07, 6.45) is 4.54. The Morgan fingerprint density at radius 3 is 2.19 bits per heavy atom. The largest absolute Gasteiger partial charge is 0.460 e. The van der Waals surface area contributed by atoms with Crippen LogP contribution in [0.3, 0.4) is 0 Å². The highest BCUT2D eigenvalue weighted by molar-refractivity contribution is 6.39. The lowest BCUT2D eigenvalue weighted by Gasteiger charge is -2.44. The van der Waals surface area contributed by atoms with Crippen LogP contribution in [0.2, 0.25) is 0 Å². The Morgan fingerprint density at radius 2 is 1.54 bits per heavy atom. The second-order valence-corrected chi connectivity index (χ2v) is 20.4. The summed E-state index contributed by atoms with van der Waals surface area (Å²) in [5.41, 5.74) is -1.59. The van der Waals surface area contributed by atoms with E-state index < -0.39 is 95.6 Å². The van der Waals surface area contributed by atoms with Crippen molar-refractivity contribution in [3.63, 3.8) is 0 Å². The zero-order chi connectivity index (χ0) is 50.0. The van der Waals surface area contributed by atoms with Gasteiger partial charge in [-0.25, -0.2) is 4.79 Å². The molecule has 0 radical (unpaired) electrons. The minimum absolute atomic E-state index is 0.0279. The maximum Gasteiger partial charge on any atom is 0.329 e. The molecule has 3 fully saturated rings. The van der Waals surface area contributed by atoms with Gasteiger partial charge in [-0.05, 0) is 101 Å². The third kappa shape index (κ3) is 14.2. The third-order valence-corrected chi connectivity index (χ3v) is 15.1. The van der Waals surface area contributed by atoms with Crippen molar-refractivity contribution in [3.05, 3.63) is 36.0 Å². The Morgan fingerprint density at radius 1 is 0.851 bits per heavy atom. The van der Waals surface area contributed by atoms with Crippen LogP contribution in [0.1, 0.15) is 126 Å². The fourth-order valence-corrected chi connectivity index (χ4v) is 10.4. The van der Waals surface area contributed by atoms with E-state index in [4.69, 9.17) is 23.7 Å². The van der Waals surface area contributed by atoms with Crippen LogP contribution in [0.5, 0.6) is 0 Å². The van der Waals surface area contributed by atoms with E-state index in [2.05, 4.69) is 0 Å². The number of ether oxygens (including phenoxy) is 5. The molecule has 1 aliphatic carbocycles. The lowest BCUT2D eigenvalue weighted by atomic mass is 9.78. The molecule has 0 spiro atoms. The zero-order valence-corrected chi connectivity index (χ0v) is 41.5. The molecule has 1 saturated carbocycles. The van der Waals surface area contributed by atoms with Crippen LogP contribution >= 0.6 is 0 Å². The van der Waals surface area contributed by atoms with E-state index in [1.807, 2.05) is 19.9 Å². The summed E-state index contributed by atoms with van der Waals surface area (Å²) in [4.78, 5) is 71.8. The van der Waals surface area contributed by atoms with E-state index in [0.717, 1.165) is 4.90 Å². The Balaban J connectivity index is 1.72. The molecular weight excluding hydrogens is 867 g/mol. The van der Waals surface area contributed by atoms with Gasteiger partial charge in [0.25, 0.3) is 11.7 Å². The fourth-order valence-electron chi connectivity index (χ4n) is 10.4. The van der Waals surface area contributed by atoms with E-state index in [1.165, 1.54) is 27.2 Å². The number of cyclic esters (lactones) is 1. The number of esters is 1. The topological polar surface area (TPSA) is 236 Å². The van der Waals surface area contributed by atoms with E-state index in [0.29, 0.717) is 51.4 Å². The van der Waals surface area contributed by atoms with Crippen molar-refractivity contribution >= 4 is 29.2 Å². The summed E-state index contributed by atoms with van der Waals surface area (Å²) in [5.74, 6) is -8.85. The first kappa shape index (κ1) is 56.4. The normalized spacial score (nSPS) is 41.3. The van der Waals surface area contributed by atoms with Crippen molar-refractivity contribution in [2.45, 2.75) is 192 Å². The molecule has 1 amide bonds. The molecule has 380 valence electrons. The summed E-state index contributed by atoms with van der Waals surface area (Å²) in [7, 11) is 4.26. The van der Waals surface area contributed by atoms with Crippen molar-refractivity contribution in [3.8, 4) is 0 Å². The van der Waals surface area contributed by atoms with Gasteiger partial charge in [0.15, 0.2) is 11.6 Å². The molecule has 5 N–H and O–H groups in total. The first-order valence-corrected chi connectivity index (χ1v) is 24.4. The van der Waals surface area contributed by atoms with Gasteiger partial charge in [0.05, 0.1) is 30.5 Å². The van der Waals surface area contributed by atoms with E-state index in [9.17, 15) is 49.5 Å².